The van der Waals surface area contributed by atoms with E-state index in [1.807, 2.05) is 6.07 Å². The highest BCUT2D eigenvalue weighted by atomic mass is 35.5. The number of carbonyl (C=O) groups is 2. The van der Waals surface area contributed by atoms with Gasteiger partial charge in [0.15, 0.2) is 0 Å². The van der Waals surface area contributed by atoms with Crippen molar-refractivity contribution in [2.75, 3.05) is 25.6 Å². The van der Waals surface area contributed by atoms with Gasteiger partial charge in [0.25, 0.3) is 17.6 Å². The van der Waals surface area contributed by atoms with Gasteiger partial charge in [0, 0.05) is 13.7 Å². The van der Waals surface area contributed by atoms with Crippen LogP contribution in [0.15, 0.2) is 42.5 Å². The van der Waals surface area contributed by atoms with Crippen molar-refractivity contribution in [1.29, 1.82) is 5.26 Å². The summed E-state index contributed by atoms with van der Waals surface area (Å²) in [5, 5.41) is 28.8. The Bertz CT molecular complexity index is 1640. The van der Waals surface area contributed by atoms with Gasteiger partial charge in [-0.15, -0.1) is 5.10 Å². The number of carbonyl (C=O) groups excluding carboxylic acids is 2. The number of anilines is 1. The van der Waals surface area contributed by atoms with Crippen molar-refractivity contribution in [3.63, 3.8) is 0 Å². The quantitative estimate of drug-likeness (QED) is 0.283. The zero-order chi connectivity index (χ0) is 29.7. The molecule has 2 heterocycles. The number of ether oxygens (including phenoxy) is 1. The van der Waals surface area contributed by atoms with E-state index in [0.29, 0.717) is 10.2 Å². The van der Waals surface area contributed by atoms with Crippen LogP contribution in [0.5, 0.6) is 0 Å². The fourth-order valence-corrected chi connectivity index (χ4v) is 4.10. The first kappa shape index (κ1) is 29.2. The maximum Gasteiger partial charge on any atom is 0.453 e. The Hall–Kier alpha value is -4.81. The topological polar surface area (TPSA) is 153 Å². The van der Waals surface area contributed by atoms with Gasteiger partial charge < -0.3 is 15.4 Å². The van der Waals surface area contributed by atoms with E-state index in [-0.39, 0.29) is 52.1 Å². The fraction of sp³-hybridized carbons (Fsp3) is 0.240. The van der Waals surface area contributed by atoms with Crippen molar-refractivity contribution in [2.24, 2.45) is 0 Å². The van der Waals surface area contributed by atoms with Crippen LogP contribution in [0, 0.1) is 18.3 Å². The molecule has 0 spiro atoms. The number of halogens is 4. The highest BCUT2D eigenvalue weighted by Crippen LogP contribution is 2.28. The van der Waals surface area contributed by atoms with Crippen LogP contribution >= 0.6 is 11.6 Å². The van der Waals surface area contributed by atoms with Crippen molar-refractivity contribution in [3.05, 3.63) is 81.4 Å². The molecule has 12 nitrogen and oxygen atoms in total. The van der Waals surface area contributed by atoms with Gasteiger partial charge in [0.05, 0.1) is 52.4 Å². The van der Waals surface area contributed by atoms with Gasteiger partial charge in [-0.1, -0.05) is 23.7 Å². The maximum atomic E-state index is 13.6. The molecule has 0 bridgehead atoms. The molecule has 4 aromatic rings. The molecule has 0 saturated carbocycles. The van der Waals surface area contributed by atoms with Gasteiger partial charge in [0.1, 0.15) is 5.69 Å². The number of benzene rings is 2. The summed E-state index contributed by atoms with van der Waals surface area (Å²) < 4.78 is 46.6. The molecule has 212 valence electrons. The summed E-state index contributed by atoms with van der Waals surface area (Å²) in [4.78, 5) is 26.6. The molecule has 0 fully saturated rings. The van der Waals surface area contributed by atoms with E-state index in [1.54, 1.807) is 31.2 Å². The lowest BCUT2D eigenvalue weighted by atomic mass is 10.0. The molecule has 16 heteroatoms. The lowest BCUT2D eigenvalue weighted by Gasteiger charge is -2.15. The molecule has 0 saturated heterocycles. The molecule has 4 rings (SSSR count). The first-order valence-electron chi connectivity index (χ1n) is 11.8. The molecular formula is C25H21ClF3N9O3. The van der Waals surface area contributed by atoms with E-state index in [4.69, 9.17) is 16.3 Å². The average molecular weight is 588 g/mol. The lowest BCUT2D eigenvalue weighted by molar-refractivity contribution is -0.147. The summed E-state index contributed by atoms with van der Waals surface area (Å²) in [6, 6.07) is 12.5. The second-order valence-electron chi connectivity index (χ2n) is 8.57. The highest BCUT2D eigenvalue weighted by molar-refractivity contribution is 6.32. The zero-order valence-electron chi connectivity index (χ0n) is 21.5. The van der Waals surface area contributed by atoms with Crippen molar-refractivity contribution in [1.82, 2.24) is 35.3 Å². The number of amides is 2. The Labute approximate surface area is 235 Å². The van der Waals surface area contributed by atoms with E-state index in [2.05, 4.69) is 31.3 Å². The number of nitrogens with one attached hydrogen (secondary N) is 2. The van der Waals surface area contributed by atoms with E-state index in [0.717, 1.165) is 0 Å². The van der Waals surface area contributed by atoms with Crippen LogP contribution in [0.25, 0.3) is 5.69 Å². The SMILES string of the molecule is COCCNC(=O)c1cc(C#N)cc(C)c1NC(=O)c1cc(Cn2nnnc2C(F)(F)F)nn1-c1ccccc1Cl. The van der Waals surface area contributed by atoms with Crippen LogP contribution in [0.1, 0.15) is 43.5 Å². The number of tetrazole rings is 1. The molecule has 0 unspecified atom stereocenters. The number of aromatic nitrogens is 6. The number of hydrogen-bond acceptors (Lipinski definition) is 8. The Kier molecular flexibility index (Phi) is 8.65. The predicted molar refractivity (Wildman–Crippen MR) is 139 cm³/mol. The normalized spacial score (nSPS) is 11.2. The first-order chi connectivity index (χ1) is 19.5. The van der Waals surface area contributed by atoms with Gasteiger partial charge in [-0.3, -0.25) is 9.59 Å². The number of nitriles is 1. The third-order valence-electron chi connectivity index (χ3n) is 5.71. The number of para-hydroxylation sites is 1. The number of nitrogens with zero attached hydrogens (tertiary/aromatic N) is 7. The molecule has 41 heavy (non-hydrogen) atoms. The van der Waals surface area contributed by atoms with E-state index < -0.39 is 30.4 Å². The van der Waals surface area contributed by atoms with E-state index in [9.17, 15) is 28.0 Å². The number of alkyl halides is 3. The van der Waals surface area contributed by atoms with Crippen molar-refractivity contribution in [3.8, 4) is 11.8 Å². The van der Waals surface area contributed by atoms with Crippen LogP contribution in [0.2, 0.25) is 5.02 Å². The largest absolute Gasteiger partial charge is 0.453 e. The van der Waals surface area contributed by atoms with Gasteiger partial charge >= 0.3 is 6.18 Å². The van der Waals surface area contributed by atoms with Gasteiger partial charge in [-0.2, -0.15) is 23.5 Å². The molecule has 2 N–H and O–H groups in total. The molecule has 0 aliphatic carbocycles. The summed E-state index contributed by atoms with van der Waals surface area (Å²) in [6.45, 7) is 1.51. The van der Waals surface area contributed by atoms with E-state index >= 15 is 0 Å². The monoisotopic (exact) mass is 587 g/mol. The second-order valence-corrected chi connectivity index (χ2v) is 8.98. The van der Waals surface area contributed by atoms with Gasteiger partial charge in [0.2, 0.25) is 0 Å². The van der Waals surface area contributed by atoms with Crippen LogP contribution < -0.4 is 10.6 Å². The van der Waals surface area contributed by atoms with Crippen LogP contribution in [-0.2, 0) is 17.5 Å². The molecule has 0 aliphatic heterocycles. The van der Waals surface area contributed by atoms with Crippen LogP contribution in [0.4, 0.5) is 18.9 Å². The maximum absolute atomic E-state index is 13.6. The first-order valence-corrected chi connectivity index (χ1v) is 12.2. The van der Waals surface area contributed by atoms with Gasteiger partial charge in [-0.25, -0.2) is 9.36 Å². The Balaban J connectivity index is 1.75. The van der Waals surface area contributed by atoms with Crippen molar-refractivity contribution >= 4 is 29.1 Å². The highest BCUT2D eigenvalue weighted by Gasteiger charge is 2.38. The van der Waals surface area contributed by atoms with Gasteiger partial charge in [-0.05, 0) is 53.2 Å². The smallest absolute Gasteiger partial charge is 0.383 e. The molecule has 2 amide bonds. The second kappa shape index (κ2) is 12.1. The zero-order valence-corrected chi connectivity index (χ0v) is 22.3. The Morgan fingerprint density at radius 2 is 1.93 bits per heavy atom. The number of aryl methyl sites for hydroxylation is 1. The molecule has 0 atom stereocenters. The molecule has 0 radical (unpaired) electrons. The van der Waals surface area contributed by atoms with Crippen molar-refractivity contribution < 1.29 is 27.5 Å². The molecule has 0 aliphatic rings. The standard InChI is InChI=1S/C25H21ClF3N9O3/c1-14-9-15(12-30)10-17(22(39)31-7-8-41-2)21(14)32-23(40)20-11-16(13-37-24(25(27,28)29)33-35-36-37)34-38(20)19-6-4-3-5-18(19)26/h3-6,9-11H,7-8,13H2,1-2H3,(H,31,39)(H,32,40). The fourth-order valence-electron chi connectivity index (χ4n) is 3.88. The minimum absolute atomic E-state index is 0.0157. The summed E-state index contributed by atoms with van der Waals surface area (Å²) in [5.74, 6) is -2.65. The number of hydrogen-bond donors (Lipinski definition) is 2. The predicted octanol–water partition coefficient (Wildman–Crippen LogP) is 3.39. The van der Waals surface area contributed by atoms with Crippen molar-refractivity contribution in [2.45, 2.75) is 19.6 Å². The number of rotatable bonds is 9. The summed E-state index contributed by atoms with van der Waals surface area (Å²) in [7, 11) is 1.47. The van der Waals surface area contributed by atoms with Crippen LogP contribution in [0.3, 0.4) is 0 Å². The summed E-state index contributed by atoms with van der Waals surface area (Å²) >= 11 is 6.35. The third kappa shape index (κ3) is 6.51. The minimum atomic E-state index is -4.82. The Morgan fingerprint density at radius 1 is 1.17 bits per heavy atom. The molecule has 2 aromatic carbocycles. The average Bonchev–Trinajstić information content (AvgIpc) is 3.57. The number of methoxy groups -OCH3 is 1. The minimum Gasteiger partial charge on any atom is -0.383 e. The summed E-state index contributed by atoms with van der Waals surface area (Å²) in [5.41, 5.74) is 0.943. The van der Waals surface area contributed by atoms with Crippen LogP contribution in [-0.4, -0.2) is 62.1 Å². The molecular weight excluding hydrogens is 567 g/mol. The molecule has 2 aromatic heterocycles. The third-order valence-corrected chi connectivity index (χ3v) is 6.03. The van der Waals surface area contributed by atoms with E-state index in [1.165, 1.54) is 30.0 Å². The Morgan fingerprint density at radius 3 is 2.61 bits per heavy atom. The lowest BCUT2D eigenvalue weighted by Crippen LogP contribution is -2.29. The summed E-state index contributed by atoms with van der Waals surface area (Å²) in [6.07, 6.45) is -4.82.